The predicted molar refractivity (Wildman–Crippen MR) is 365 cm³/mol. The van der Waals surface area contributed by atoms with Gasteiger partial charge in [-0.3, -0.25) is 9.59 Å². The number of esters is 2. The molecule has 9 heterocycles. The lowest BCUT2D eigenvalue weighted by atomic mass is 9.96. The Hall–Kier alpha value is -8.38. The second-order valence-corrected chi connectivity index (χ2v) is 24.9. The average Bonchev–Trinajstić information content (AvgIpc) is 1.69. The van der Waals surface area contributed by atoms with Gasteiger partial charge in [-0.1, -0.05) is 109 Å². The van der Waals surface area contributed by atoms with Gasteiger partial charge in [-0.15, -0.1) is 0 Å². The van der Waals surface area contributed by atoms with E-state index in [9.17, 15) is 9.59 Å². The quantitative estimate of drug-likeness (QED) is 0.0417. The van der Waals surface area contributed by atoms with Crippen molar-refractivity contribution in [3.05, 3.63) is 226 Å². The van der Waals surface area contributed by atoms with Crippen LogP contribution in [0.4, 0.5) is 0 Å². The number of aromatic nitrogens is 2. The van der Waals surface area contributed by atoms with Gasteiger partial charge in [0.25, 0.3) is 0 Å². The van der Waals surface area contributed by atoms with Crippen molar-refractivity contribution in [3.63, 3.8) is 0 Å². The van der Waals surface area contributed by atoms with Gasteiger partial charge in [0, 0.05) is 128 Å². The molecule has 0 saturated carbocycles. The molecular formula is C78H98N8O4+4. The first-order valence-corrected chi connectivity index (χ1v) is 33.5. The number of fused-ring (bicyclic) bond motifs is 4. The third-order valence-corrected chi connectivity index (χ3v) is 18.3. The van der Waals surface area contributed by atoms with Crippen molar-refractivity contribution in [2.75, 3.05) is 26.8 Å². The minimum absolute atomic E-state index is 0.191. The highest BCUT2D eigenvalue weighted by atomic mass is 16.5. The molecule has 12 heteroatoms. The lowest BCUT2D eigenvalue weighted by Crippen LogP contribution is -2.71. The van der Waals surface area contributed by atoms with Gasteiger partial charge in [0.2, 0.25) is 22.8 Å². The monoisotopic (exact) mass is 1210 g/mol. The Kier molecular flexibility index (Phi) is 24.5. The Morgan fingerprint density at radius 1 is 0.522 bits per heavy atom. The van der Waals surface area contributed by atoms with Crippen LogP contribution in [0.1, 0.15) is 169 Å². The number of allylic oxidation sites excluding steroid dienone is 20. The highest BCUT2D eigenvalue weighted by Crippen LogP contribution is 2.34. The van der Waals surface area contributed by atoms with Gasteiger partial charge in [-0.05, 0) is 130 Å². The van der Waals surface area contributed by atoms with E-state index in [4.69, 9.17) is 19.5 Å². The Bertz CT molecular complexity index is 3540. The Labute approximate surface area is 536 Å². The summed E-state index contributed by atoms with van der Waals surface area (Å²) in [4.78, 5) is 49.1. The molecular weight excluding hydrogens is 1110 g/mol. The summed E-state index contributed by atoms with van der Waals surface area (Å²) < 4.78 is 16.1. The van der Waals surface area contributed by atoms with E-state index in [0.717, 1.165) is 142 Å². The number of hydrogen-bond acceptors (Lipinski definition) is 8. The Balaban J connectivity index is 0.729. The summed E-state index contributed by atoms with van der Waals surface area (Å²) in [5.74, 6) is -0.382. The Morgan fingerprint density at radius 3 is 1.54 bits per heavy atom. The van der Waals surface area contributed by atoms with Crippen molar-refractivity contribution in [2.24, 2.45) is 17.0 Å². The SMILES string of the molecule is C=CC1=C(C)C2=CC3=[NH+]C(=CC4=[NH+]C(=CC5=NC(=CC1=N2)C(C)=C5C=C)C(C)=C4CCC(=O)OCCCCCCCCCCCN1C=CC(=C2C=CN(C)C=C2)C=C1)C(CCC(=O)OCCCCCCCCCCC[n+]1ccc(-c2cc[n+](C)cc2)cc1)=C3C. The summed E-state index contributed by atoms with van der Waals surface area (Å²) in [5.41, 5.74) is 19.9. The number of nitrogens with zero attached hydrogens (tertiary/aromatic N) is 6. The molecule has 7 aliphatic rings. The first kappa shape index (κ1) is 66.0. The normalized spacial score (nSPS) is 16.9. The summed E-state index contributed by atoms with van der Waals surface area (Å²) in [7, 11) is 4.08. The molecule has 2 aromatic heterocycles. The van der Waals surface area contributed by atoms with Crippen LogP contribution in [-0.2, 0) is 32.7 Å². The number of aliphatic imine (C=N–C) groups is 2. The van der Waals surface area contributed by atoms with Crippen molar-refractivity contribution in [1.29, 1.82) is 0 Å². The molecule has 0 spiro atoms. The van der Waals surface area contributed by atoms with Crippen molar-refractivity contribution in [1.82, 2.24) is 9.80 Å². The fourth-order valence-electron chi connectivity index (χ4n) is 12.5. The number of carbonyl (C=O) groups excluding carboxylic acids is 2. The highest BCUT2D eigenvalue weighted by molar-refractivity contribution is 6.19. The number of ether oxygens (including phenoxy) is 2. The third-order valence-electron chi connectivity index (χ3n) is 18.3. The van der Waals surface area contributed by atoms with Crippen molar-refractivity contribution in [3.8, 4) is 11.1 Å². The lowest BCUT2D eigenvalue weighted by molar-refractivity contribution is -0.697. The topological polar surface area (TPSA) is 119 Å². The zero-order valence-corrected chi connectivity index (χ0v) is 54.8. The van der Waals surface area contributed by atoms with E-state index in [1.165, 1.54) is 99.3 Å². The molecule has 7 aliphatic heterocycles. The van der Waals surface area contributed by atoms with Gasteiger partial charge in [0.15, 0.2) is 24.8 Å². The predicted octanol–water partition coefficient (Wildman–Crippen LogP) is 12.9. The second-order valence-electron chi connectivity index (χ2n) is 24.9. The van der Waals surface area contributed by atoms with Crippen molar-refractivity contribution >= 4 is 34.8 Å². The molecule has 0 unspecified atom stereocenters. The number of unbranched alkanes of at least 4 members (excludes halogenated alkanes) is 16. The molecule has 8 bridgehead atoms. The molecule has 2 aromatic rings. The molecule has 0 aliphatic carbocycles. The largest absolute Gasteiger partial charge is 0.466 e. The van der Waals surface area contributed by atoms with E-state index >= 15 is 0 Å². The van der Waals surface area contributed by atoms with Crippen molar-refractivity contribution < 1.29 is 38.2 Å². The molecule has 9 rings (SSSR count). The molecule has 470 valence electrons. The molecule has 12 nitrogen and oxygen atoms in total. The molecule has 0 radical (unpaired) electrons. The van der Waals surface area contributed by atoms with Gasteiger partial charge in [0.1, 0.15) is 13.6 Å². The van der Waals surface area contributed by atoms with E-state index in [1.54, 1.807) is 0 Å². The summed E-state index contributed by atoms with van der Waals surface area (Å²) in [5, 5.41) is 0. The maximum atomic E-state index is 13.5. The minimum Gasteiger partial charge on any atom is -0.466 e. The lowest BCUT2D eigenvalue weighted by Gasteiger charge is -2.20. The molecule has 0 fully saturated rings. The minimum atomic E-state index is -0.192. The Morgan fingerprint density at radius 2 is 0.989 bits per heavy atom. The molecule has 2 N–H and O–H groups in total. The van der Waals surface area contributed by atoms with Crippen LogP contribution in [0.25, 0.3) is 11.1 Å². The first-order chi connectivity index (χ1) is 43.8. The maximum Gasteiger partial charge on any atom is 0.306 e. The summed E-state index contributed by atoms with van der Waals surface area (Å²) >= 11 is 0. The van der Waals surface area contributed by atoms with Crippen LogP contribution in [0, 0.1) is 0 Å². The molecule has 0 saturated heterocycles. The van der Waals surface area contributed by atoms with Crippen LogP contribution in [0.5, 0.6) is 0 Å². The fraction of sp³-hybridized carbons (Fsp3) is 0.410. The van der Waals surface area contributed by atoms with E-state index in [-0.39, 0.29) is 24.8 Å². The number of aryl methyl sites for hydroxylation is 2. The first-order valence-electron chi connectivity index (χ1n) is 33.5. The van der Waals surface area contributed by atoms with E-state index in [0.29, 0.717) is 26.1 Å². The number of pyridine rings is 2. The zero-order valence-electron chi connectivity index (χ0n) is 54.8. The van der Waals surface area contributed by atoms with Gasteiger partial charge >= 0.3 is 11.9 Å². The molecule has 0 amide bonds. The molecule has 90 heavy (non-hydrogen) atoms. The fourth-order valence-corrected chi connectivity index (χ4v) is 12.5. The molecule has 0 atom stereocenters. The van der Waals surface area contributed by atoms with Crippen LogP contribution < -0.4 is 19.1 Å². The van der Waals surface area contributed by atoms with E-state index in [2.05, 4.69) is 186 Å². The van der Waals surface area contributed by atoms with Gasteiger partial charge in [-0.25, -0.2) is 29.1 Å². The number of nitrogens with one attached hydrogen (secondary N) is 2. The number of carbonyl (C=O) groups is 2. The summed E-state index contributed by atoms with van der Waals surface area (Å²) in [6, 6.07) is 8.73. The maximum absolute atomic E-state index is 13.5. The summed E-state index contributed by atoms with van der Waals surface area (Å²) in [6.07, 6.45) is 60.5. The third kappa shape index (κ3) is 18.4. The van der Waals surface area contributed by atoms with Crippen LogP contribution >= 0.6 is 0 Å². The van der Waals surface area contributed by atoms with Gasteiger partial charge in [0.05, 0.1) is 42.1 Å². The van der Waals surface area contributed by atoms with Crippen molar-refractivity contribution in [2.45, 2.75) is 175 Å². The van der Waals surface area contributed by atoms with Crippen LogP contribution in [0.15, 0.2) is 236 Å². The van der Waals surface area contributed by atoms with E-state index in [1.807, 2.05) is 32.3 Å². The second kappa shape index (κ2) is 33.4. The summed E-state index contributed by atoms with van der Waals surface area (Å²) in [6.45, 7) is 19.7. The molecule has 0 aromatic carbocycles. The van der Waals surface area contributed by atoms with Crippen LogP contribution in [0.2, 0.25) is 0 Å². The number of hydrogen-bond donors (Lipinski definition) is 2. The standard InChI is InChI=1S/C78H96N8O4/c1-9-65-57(3)69-53-70-59(5)67(29-31-77(87)89-51-27-23-19-15-11-13-17-21-25-41-85-47-37-63(38-48-85)61-33-43-83(7)44-34-61)75(81-70)56-76-68(60(6)72(82-76)55-74-66(10-2)58(4)71(80-74)54-73(65)79-69)30-32-78(88)90-52-28-24-20-16-12-14-18-22-26-42-86-49-39-64(40-50-86)62-35-45-84(8)46-36-62/h9-10,33-40,43-50,53-56H,1-2,11-32,41-42,51-52H2,3-8H3/q+2/p+2. The van der Waals surface area contributed by atoms with Gasteiger partial charge in [-0.2, -0.15) is 0 Å². The smallest absolute Gasteiger partial charge is 0.306 e. The van der Waals surface area contributed by atoms with Gasteiger partial charge < -0.3 is 19.3 Å². The number of rotatable bonds is 33. The zero-order chi connectivity index (χ0) is 63.2. The highest BCUT2D eigenvalue weighted by Gasteiger charge is 2.35. The average molecular weight is 1210 g/mol. The van der Waals surface area contributed by atoms with E-state index < -0.39 is 0 Å². The van der Waals surface area contributed by atoms with Crippen LogP contribution in [0.3, 0.4) is 0 Å². The van der Waals surface area contributed by atoms with Crippen LogP contribution in [-0.4, -0.2) is 71.4 Å².